The molecule has 5 nitrogen and oxygen atoms in total. The Hall–Kier alpha value is -2.43. The molecule has 0 aliphatic carbocycles. The number of rotatable bonds is 7. The summed E-state index contributed by atoms with van der Waals surface area (Å²) in [5.74, 6) is 1.21. The summed E-state index contributed by atoms with van der Waals surface area (Å²) >= 11 is 0. The van der Waals surface area contributed by atoms with E-state index in [1.165, 1.54) is 11.1 Å². The maximum absolute atomic E-state index is 12.5. The molecule has 128 valence electrons. The summed E-state index contributed by atoms with van der Waals surface area (Å²) in [5.41, 5.74) is 2.88. The second kappa shape index (κ2) is 8.43. The molecule has 2 rings (SSSR count). The molecular formula is C19H26N4O. The number of aromatic nitrogens is 2. The van der Waals surface area contributed by atoms with Crippen molar-refractivity contribution < 1.29 is 4.79 Å². The zero-order chi connectivity index (χ0) is 17.5. The van der Waals surface area contributed by atoms with E-state index in [4.69, 9.17) is 0 Å². The number of nitrogens with zero attached hydrogens (tertiary/aromatic N) is 3. The van der Waals surface area contributed by atoms with Crippen molar-refractivity contribution in [2.24, 2.45) is 0 Å². The second-order valence-electron chi connectivity index (χ2n) is 6.05. The molecule has 0 saturated carbocycles. The van der Waals surface area contributed by atoms with E-state index in [0.29, 0.717) is 23.9 Å². The third kappa shape index (κ3) is 4.78. The Kier molecular flexibility index (Phi) is 6.29. The average Bonchev–Trinajstić information content (AvgIpc) is 2.57. The number of nitrogens with one attached hydrogen (secondary N) is 1. The topological polar surface area (TPSA) is 58.1 Å². The highest BCUT2D eigenvalue weighted by atomic mass is 16.2. The summed E-state index contributed by atoms with van der Waals surface area (Å²) in [6, 6.07) is 9.94. The van der Waals surface area contributed by atoms with Crippen LogP contribution in [0.25, 0.3) is 0 Å². The van der Waals surface area contributed by atoms with Crippen molar-refractivity contribution in [2.75, 3.05) is 18.9 Å². The highest BCUT2D eigenvalue weighted by Crippen LogP contribution is 2.13. The number of hydrogen-bond acceptors (Lipinski definition) is 4. The van der Waals surface area contributed by atoms with Crippen LogP contribution in [0.4, 0.5) is 5.82 Å². The second-order valence-corrected chi connectivity index (χ2v) is 6.05. The fraction of sp³-hybridized carbons (Fsp3) is 0.421. The van der Waals surface area contributed by atoms with Gasteiger partial charge in [0.15, 0.2) is 0 Å². The number of carbonyl (C=O) groups is 1. The highest BCUT2D eigenvalue weighted by Gasteiger charge is 2.14. The molecule has 1 aromatic heterocycles. The van der Waals surface area contributed by atoms with Crippen molar-refractivity contribution in [1.82, 2.24) is 14.9 Å². The van der Waals surface area contributed by atoms with E-state index in [1.54, 1.807) is 11.0 Å². The van der Waals surface area contributed by atoms with Crippen LogP contribution in [-0.4, -0.2) is 34.4 Å². The molecule has 0 bridgehead atoms. The smallest absolute Gasteiger partial charge is 0.272 e. The Labute approximate surface area is 144 Å². The van der Waals surface area contributed by atoms with E-state index in [0.717, 1.165) is 19.4 Å². The van der Waals surface area contributed by atoms with Gasteiger partial charge < -0.3 is 10.2 Å². The molecule has 1 heterocycles. The number of amides is 1. The van der Waals surface area contributed by atoms with E-state index in [2.05, 4.69) is 41.3 Å². The van der Waals surface area contributed by atoms with Gasteiger partial charge in [-0.1, -0.05) is 37.6 Å². The molecule has 0 fully saturated rings. The van der Waals surface area contributed by atoms with Crippen LogP contribution in [0.15, 0.2) is 30.3 Å². The third-order valence-electron chi connectivity index (χ3n) is 3.97. The van der Waals surface area contributed by atoms with Gasteiger partial charge >= 0.3 is 0 Å². The van der Waals surface area contributed by atoms with Crippen LogP contribution in [0.5, 0.6) is 0 Å². The van der Waals surface area contributed by atoms with E-state index in [9.17, 15) is 4.79 Å². The van der Waals surface area contributed by atoms with Crippen molar-refractivity contribution in [1.29, 1.82) is 0 Å². The van der Waals surface area contributed by atoms with Gasteiger partial charge in [0.05, 0.1) is 0 Å². The minimum atomic E-state index is -0.0621. The summed E-state index contributed by atoms with van der Waals surface area (Å²) in [5, 5.41) is 3.30. The predicted molar refractivity (Wildman–Crippen MR) is 97.1 cm³/mol. The summed E-state index contributed by atoms with van der Waals surface area (Å²) in [7, 11) is 1.82. The first-order valence-corrected chi connectivity index (χ1v) is 8.40. The molecular weight excluding hydrogens is 300 g/mol. The van der Waals surface area contributed by atoms with Crippen LogP contribution < -0.4 is 5.32 Å². The quantitative estimate of drug-likeness (QED) is 0.845. The Morgan fingerprint density at radius 3 is 2.67 bits per heavy atom. The van der Waals surface area contributed by atoms with Crippen LogP contribution in [0.1, 0.15) is 47.2 Å². The Morgan fingerprint density at radius 2 is 1.96 bits per heavy atom. The lowest BCUT2D eigenvalue weighted by molar-refractivity contribution is 0.0787. The fourth-order valence-electron chi connectivity index (χ4n) is 2.45. The largest absolute Gasteiger partial charge is 0.366 e. The Bertz CT molecular complexity index is 700. The van der Waals surface area contributed by atoms with Crippen LogP contribution in [0.2, 0.25) is 0 Å². The first kappa shape index (κ1) is 17.9. The molecule has 0 aliphatic rings. The number of benzene rings is 1. The Balaban J connectivity index is 2.10. The summed E-state index contributed by atoms with van der Waals surface area (Å²) < 4.78 is 0. The SMILES string of the molecule is CCCCN(C)C(=O)c1cc(NCc2ccccc2C)nc(C)n1. The van der Waals surface area contributed by atoms with E-state index < -0.39 is 0 Å². The van der Waals surface area contributed by atoms with Crippen LogP contribution >= 0.6 is 0 Å². The first-order chi connectivity index (χ1) is 11.5. The summed E-state index contributed by atoms with van der Waals surface area (Å²) in [6.45, 7) is 7.41. The molecule has 0 saturated heterocycles. The lowest BCUT2D eigenvalue weighted by Gasteiger charge is -2.17. The summed E-state index contributed by atoms with van der Waals surface area (Å²) in [6.07, 6.45) is 2.05. The molecule has 1 N–H and O–H groups in total. The van der Waals surface area contributed by atoms with Gasteiger partial charge in [-0.3, -0.25) is 4.79 Å². The van der Waals surface area contributed by atoms with Gasteiger partial charge in [-0.2, -0.15) is 0 Å². The van der Waals surface area contributed by atoms with Crippen molar-refractivity contribution in [3.8, 4) is 0 Å². The van der Waals surface area contributed by atoms with Crippen LogP contribution in [-0.2, 0) is 6.54 Å². The van der Waals surface area contributed by atoms with Gasteiger partial charge in [-0.05, 0) is 31.4 Å². The fourth-order valence-corrected chi connectivity index (χ4v) is 2.45. The van der Waals surface area contributed by atoms with Crippen molar-refractivity contribution in [3.05, 3.63) is 53.0 Å². The van der Waals surface area contributed by atoms with Gasteiger partial charge in [0.25, 0.3) is 5.91 Å². The minimum Gasteiger partial charge on any atom is -0.366 e. The van der Waals surface area contributed by atoms with Gasteiger partial charge in [0.2, 0.25) is 0 Å². The van der Waals surface area contributed by atoms with E-state index in [1.807, 2.05) is 26.1 Å². The monoisotopic (exact) mass is 326 g/mol. The van der Waals surface area contributed by atoms with E-state index >= 15 is 0 Å². The minimum absolute atomic E-state index is 0.0621. The zero-order valence-corrected chi connectivity index (χ0v) is 15.0. The molecule has 0 radical (unpaired) electrons. The van der Waals surface area contributed by atoms with Crippen molar-refractivity contribution in [3.63, 3.8) is 0 Å². The standard InChI is InChI=1S/C19H26N4O/c1-5-6-11-23(4)19(24)17-12-18(22-15(3)21-17)20-13-16-10-8-7-9-14(16)2/h7-10,12H,5-6,11,13H2,1-4H3,(H,20,21,22). The molecule has 0 atom stereocenters. The van der Waals surface area contributed by atoms with Crippen LogP contribution in [0, 0.1) is 13.8 Å². The highest BCUT2D eigenvalue weighted by molar-refractivity contribution is 5.92. The van der Waals surface area contributed by atoms with E-state index in [-0.39, 0.29) is 5.91 Å². The molecule has 0 unspecified atom stereocenters. The van der Waals surface area contributed by atoms with Crippen molar-refractivity contribution >= 4 is 11.7 Å². The first-order valence-electron chi connectivity index (χ1n) is 8.40. The predicted octanol–water partition coefficient (Wildman–Crippen LogP) is 3.58. The molecule has 0 aliphatic heterocycles. The number of aryl methyl sites for hydroxylation is 2. The molecule has 1 amide bonds. The Morgan fingerprint density at radius 1 is 1.21 bits per heavy atom. The lowest BCUT2D eigenvalue weighted by atomic mass is 10.1. The normalized spacial score (nSPS) is 10.5. The molecule has 1 aromatic carbocycles. The molecule has 24 heavy (non-hydrogen) atoms. The number of hydrogen-bond donors (Lipinski definition) is 1. The molecule has 0 spiro atoms. The number of anilines is 1. The maximum Gasteiger partial charge on any atom is 0.272 e. The van der Waals surface area contributed by atoms with Gasteiger partial charge in [-0.15, -0.1) is 0 Å². The third-order valence-corrected chi connectivity index (χ3v) is 3.97. The number of unbranched alkanes of at least 4 members (excludes halogenated alkanes) is 1. The van der Waals surface area contributed by atoms with Gasteiger partial charge in [-0.25, -0.2) is 9.97 Å². The van der Waals surface area contributed by atoms with Gasteiger partial charge in [0, 0.05) is 26.2 Å². The molecule has 5 heteroatoms. The average molecular weight is 326 g/mol. The molecule has 2 aromatic rings. The zero-order valence-electron chi connectivity index (χ0n) is 15.0. The van der Waals surface area contributed by atoms with Crippen molar-refractivity contribution in [2.45, 2.75) is 40.2 Å². The number of carbonyl (C=O) groups excluding carboxylic acids is 1. The lowest BCUT2D eigenvalue weighted by Crippen LogP contribution is -2.28. The summed E-state index contributed by atoms with van der Waals surface area (Å²) in [4.78, 5) is 22.9. The maximum atomic E-state index is 12.5. The van der Waals surface area contributed by atoms with Gasteiger partial charge in [0.1, 0.15) is 17.3 Å². The van der Waals surface area contributed by atoms with Crippen LogP contribution in [0.3, 0.4) is 0 Å².